The van der Waals surface area contributed by atoms with Gasteiger partial charge in [-0.2, -0.15) is 0 Å². The van der Waals surface area contributed by atoms with Crippen LogP contribution >= 0.6 is 33.6 Å². The maximum absolute atomic E-state index is 12.2. The van der Waals surface area contributed by atoms with Crippen LogP contribution in [0.1, 0.15) is 189 Å². The molecule has 5 aromatic carbocycles. The Morgan fingerprint density at radius 3 is 0.492 bits per heavy atom. The molecule has 0 radical (unpaired) electrons. The third-order valence-corrected chi connectivity index (χ3v) is 32.1. The van der Waals surface area contributed by atoms with Crippen molar-refractivity contribution in [2.75, 3.05) is 66.1 Å². The summed E-state index contributed by atoms with van der Waals surface area (Å²) in [6, 6.07) is 27.3. The Morgan fingerprint density at radius 2 is 0.358 bits per heavy atom. The molecule has 0 saturated heterocycles. The highest BCUT2D eigenvalue weighted by Gasteiger charge is 2.30. The highest BCUT2D eigenvalue weighted by atomic mass is 32.5. The van der Waals surface area contributed by atoms with E-state index in [1.807, 2.05) is 130 Å². The summed E-state index contributed by atoms with van der Waals surface area (Å²) >= 11 is 26.9. The standard InChI is InChI=1S/5C17H21O5PS/c5*1-3-19-23(24,20-4-2)22-12-9-10-14-13-7-5-6-8-15(13)17(18)21-16(14)11-12/h5*9-11H,3-8H2,1-2H3. The maximum Gasteiger partial charge on any atom is 0.380 e. The Hall–Kier alpha value is -6.00. The maximum atomic E-state index is 12.2. The minimum absolute atomic E-state index is 0.247. The Balaban J connectivity index is 0.000000147. The Labute approximate surface area is 723 Å². The van der Waals surface area contributed by atoms with Gasteiger partial charge in [0.25, 0.3) is 0 Å². The number of aryl methyl sites for hydroxylation is 5. The van der Waals surface area contributed by atoms with Crippen LogP contribution in [0.25, 0.3) is 54.8 Å². The lowest BCUT2D eigenvalue weighted by Crippen LogP contribution is -2.15. The van der Waals surface area contributed by atoms with Crippen LogP contribution in [-0.2, 0) is 168 Å². The van der Waals surface area contributed by atoms with Gasteiger partial charge >= 0.3 is 61.7 Å². The fraction of sp³-hybridized carbons (Fsp3) is 0.471. The van der Waals surface area contributed by atoms with E-state index in [0.29, 0.717) is 123 Å². The van der Waals surface area contributed by atoms with E-state index >= 15 is 0 Å². The van der Waals surface area contributed by atoms with Crippen molar-refractivity contribution in [1.29, 1.82) is 0 Å². The van der Waals surface area contributed by atoms with E-state index in [-0.39, 0.29) is 28.1 Å². The van der Waals surface area contributed by atoms with E-state index in [1.54, 1.807) is 30.3 Å². The minimum Gasteiger partial charge on any atom is -0.424 e. The van der Waals surface area contributed by atoms with Crippen molar-refractivity contribution in [1.82, 2.24) is 0 Å². The summed E-state index contributed by atoms with van der Waals surface area (Å²) in [4.78, 5) is 61.0. The molecule has 0 atom stereocenters. The largest absolute Gasteiger partial charge is 0.424 e. The quantitative estimate of drug-likeness (QED) is 0.0298. The smallest absolute Gasteiger partial charge is 0.380 e. The fourth-order valence-corrected chi connectivity index (χ4v) is 25.5. The molecule has 0 N–H and O–H groups in total. The zero-order valence-corrected chi connectivity index (χ0v) is 77.9. The SMILES string of the molecule is CCOP(=S)(OCC)Oc1ccc2c3c(c(=O)oc2c1)CCCC3.CCOP(=S)(OCC)Oc1ccc2c3c(c(=O)oc2c1)CCCC3.CCOP(=S)(OCC)Oc1ccc2c3c(c(=O)oc2c1)CCCC3.CCOP(=S)(OCC)Oc1ccc2c3c(c(=O)oc2c1)CCCC3.CCOP(=S)(OCC)Oc1ccc2c3c(c(=O)oc2c1)CCCC3. The molecular weight excluding hydrogens is 1740 g/mol. The highest BCUT2D eigenvalue weighted by Crippen LogP contribution is 2.55. The van der Waals surface area contributed by atoms with E-state index in [4.69, 9.17) is 149 Å². The molecule has 0 saturated carbocycles. The average Bonchev–Trinajstić information content (AvgIpc) is 0.793. The highest BCUT2D eigenvalue weighted by molar-refractivity contribution is 8.09. The Bertz CT molecular complexity index is 4990. The molecule has 650 valence electrons. The van der Waals surface area contributed by atoms with Gasteiger partial charge in [0.05, 0.1) is 66.1 Å². The predicted molar refractivity (Wildman–Crippen MR) is 486 cm³/mol. The van der Waals surface area contributed by atoms with Crippen LogP contribution in [0.4, 0.5) is 0 Å². The number of fused-ring (bicyclic) bond motifs is 15. The van der Waals surface area contributed by atoms with Crippen LogP contribution in [0.3, 0.4) is 0 Å². The van der Waals surface area contributed by atoms with Gasteiger partial charge in [-0.3, -0.25) is 45.2 Å². The van der Waals surface area contributed by atoms with E-state index in [0.717, 1.165) is 211 Å². The molecule has 5 aliphatic carbocycles. The first kappa shape index (κ1) is 94.7. The Morgan fingerprint density at radius 1 is 0.225 bits per heavy atom. The van der Waals surface area contributed by atoms with E-state index in [9.17, 15) is 24.0 Å². The number of hydrogen-bond donors (Lipinski definition) is 0. The van der Waals surface area contributed by atoms with Crippen LogP contribution in [0, 0.1) is 0 Å². The molecule has 0 aliphatic heterocycles. The van der Waals surface area contributed by atoms with E-state index in [2.05, 4.69) is 0 Å². The summed E-state index contributed by atoms with van der Waals surface area (Å²) in [5.74, 6) is 2.46. The lowest BCUT2D eigenvalue weighted by Gasteiger charge is -2.21. The summed E-state index contributed by atoms with van der Waals surface area (Å²) < 4.78 is 111. The molecule has 35 heteroatoms. The molecule has 15 rings (SSSR count). The zero-order chi connectivity index (χ0) is 85.8. The number of benzene rings is 5. The van der Waals surface area contributed by atoms with E-state index < -0.39 is 33.6 Å². The summed E-state index contributed by atoms with van der Waals surface area (Å²) in [6.45, 7) is 8.32. The summed E-state index contributed by atoms with van der Waals surface area (Å²) in [6.07, 6.45) is 19.2. The van der Waals surface area contributed by atoms with Crippen LogP contribution < -0.4 is 50.7 Å². The van der Waals surface area contributed by atoms with Crippen LogP contribution in [0.15, 0.2) is 137 Å². The number of hydrogen-bond acceptors (Lipinski definition) is 30. The molecule has 0 bridgehead atoms. The van der Waals surface area contributed by atoms with Crippen molar-refractivity contribution < 1.29 is 89.9 Å². The van der Waals surface area contributed by atoms with Gasteiger partial charge in [-0.15, -0.1) is 0 Å². The number of rotatable bonds is 30. The molecule has 120 heavy (non-hydrogen) atoms. The summed E-state index contributed by atoms with van der Waals surface area (Å²) in [5.41, 5.74) is 11.0. The molecule has 10 aromatic rings. The molecule has 0 spiro atoms. The van der Waals surface area contributed by atoms with Crippen molar-refractivity contribution in [2.24, 2.45) is 0 Å². The van der Waals surface area contributed by atoms with Gasteiger partial charge in [0.15, 0.2) is 0 Å². The molecule has 5 heterocycles. The van der Waals surface area contributed by atoms with Gasteiger partial charge in [-0.25, -0.2) is 24.0 Å². The fourth-order valence-electron chi connectivity index (χ4n) is 15.1. The van der Waals surface area contributed by atoms with Crippen LogP contribution in [0.2, 0.25) is 0 Å². The van der Waals surface area contributed by atoms with Crippen molar-refractivity contribution in [3.63, 3.8) is 0 Å². The first-order valence-corrected chi connectivity index (χ1v) is 53.9. The topological polar surface area (TPSA) is 289 Å². The van der Waals surface area contributed by atoms with Gasteiger partial charge in [0.2, 0.25) is 0 Å². The lowest BCUT2D eigenvalue weighted by atomic mass is 9.91. The van der Waals surface area contributed by atoms with Crippen LogP contribution in [-0.4, -0.2) is 66.1 Å². The van der Waals surface area contributed by atoms with Crippen molar-refractivity contribution in [2.45, 2.75) is 198 Å². The first-order chi connectivity index (χ1) is 57.8. The van der Waals surface area contributed by atoms with Gasteiger partial charge in [-0.1, -0.05) is 0 Å². The Kier molecular flexibility index (Phi) is 34.9. The molecule has 0 fully saturated rings. The lowest BCUT2D eigenvalue weighted by molar-refractivity contribution is 0.217. The van der Waals surface area contributed by atoms with Gasteiger partial charge in [0, 0.05) is 144 Å². The third kappa shape index (κ3) is 24.2. The zero-order valence-electron chi connectivity index (χ0n) is 69.4. The summed E-state index contributed by atoms with van der Waals surface area (Å²) in [7, 11) is 0. The minimum atomic E-state index is -2.84. The van der Waals surface area contributed by atoms with Crippen LogP contribution in [0.5, 0.6) is 28.7 Å². The van der Waals surface area contributed by atoms with Gasteiger partial charge in [-0.05, 0) is 286 Å². The second-order valence-corrected chi connectivity index (χ2v) is 42.6. The summed E-state index contributed by atoms with van der Waals surface area (Å²) in [5, 5.41) is 4.85. The monoisotopic (exact) mass is 1840 g/mol. The molecule has 25 nitrogen and oxygen atoms in total. The normalized spacial score (nSPS) is 14.6. The second kappa shape index (κ2) is 44.2. The second-order valence-electron chi connectivity index (χ2n) is 27.9. The predicted octanol–water partition coefficient (Wildman–Crippen LogP) is 21.7. The molecular formula is C85H105O25P5S5. The first-order valence-electron chi connectivity index (χ1n) is 41.2. The van der Waals surface area contributed by atoms with Crippen molar-refractivity contribution >= 4 is 147 Å². The van der Waals surface area contributed by atoms with Gasteiger partial charge in [0.1, 0.15) is 56.7 Å². The van der Waals surface area contributed by atoms with Gasteiger partial charge < -0.3 is 44.7 Å². The molecule has 5 aliphatic rings. The van der Waals surface area contributed by atoms with Crippen molar-refractivity contribution in [3.05, 3.63) is 199 Å². The van der Waals surface area contributed by atoms with E-state index in [1.165, 1.54) is 0 Å². The average molecular weight is 1840 g/mol. The third-order valence-electron chi connectivity index (χ3n) is 19.9. The molecule has 0 unspecified atom stereocenters. The molecule has 0 amide bonds. The van der Waals surface area contributed by atoms with Crippen molar-refractivity contribution in [3.8, 4) is 28.7 Å². The molecule has 5 aromatic heterocycles.